The molecule has 0 fully saturated rings. The van der Waals surface area contributed by atoms with Crippen molar-refractivity contribution in [2.24, 2.45) is 0 Å². The van der Waals surface area contributed by atoms with Crippen LogP contribution in [0.3, 0.4) is 0 Å². The van der Waals surface area contributed by atoms with Crippen molar-refractivity contribution in [1.29, 1.82) is 0 Å². The molecule has 0 heterocycles. The number of aliphatic hydroxyl groups is 1. The summed E-state index contributed by atoms with van der Waals surface area (Å²) in [6.45, 7) is -1.02. The van der Waals surface area contributed by atoms with E-state index in [4.69, 9.17) is 5.11 Å². The first kappa shape index (κ1) is 23.4. The lowest BCUT2D eigenvalue weighted by molar-refractivity contribution is -0.436. The summed E-state index contributed by atoms with van der Waals surface area (Å²) < 4.78 is 164. The Morgan fingerprint density at radius 1 is 0.640 bits per heavy atom. The summed E-state index contributed by atoms with van der Waals surface area (Å²) >= 11 is 0. The molecule has 0 amide bonds. The second-order valence-corrected chi connectivity index (χ2v) is 4.23. The van der Waals surface area contributed by atoms with E-state index in [1.54, 1.807) is 0 Å². The van der Waals surface area contributed by atoms with Gasteiger partial charge in [0.15, 0.2) is 0 Å². The maximum atomic E-state index is 13.1. The van der Waals surface area contributed by atoms with Gasteiger partial charge < -0.3 is 5.11 Å². The molecule has 0 aliphatic rings. The Morgan fingerprint density at radius 3 is 1.40 bits per heavy atom. The largest absolute Gasteiger partial charge is 0.460 e. The summed E-state index contributed by atoms with van der Waals surface area (Å²) in [5.41, 5.74) is 0. The van der Waals surface area contributed by atoms with E-state index in [-0.39, 0.29) is 6.08 Å². The van der Waals surface area contributed by atoms with Crippen LogP contribution in [-0.2, 0) is 0 Å². The second kappa shape index (κ2) is 6.58. The zero-order valence-electron chi connectivity index (χ0n) is 11.2. The maximum absolute atomic E-state index is 13.1. The van der Waals surface area contributed by atoms with Crippen LogP contribution in [-0.4, -0.2) is 47.5 Å². The van der Waals surface area contributed by atoms with Crippen LogP contribution in [0.1, 0.15) is 0 Å². The molecule has 0 aromatic rings. The molecule has 0 aromatic heterocycles. The van der Waals surface area contributed by atoms with Gasteiger partial charge in [-0.15, -0.1) is 0 Å². The minimum absolute atomic E-state index is 0.319. The SMILES string of the molecule is OCC#C/C=C/C(F)(F)C(F)(F)C(F)(F)C(F)(F)C(F)(F)C(F)(F)F. The van der Waals surface area contributed by atoms with Crippen LogP contribution < -0.4 is 0 Å². The highest BCUT2D eigenvalue weighted by atomic mass is 19.4. The van der Waals surface area contributed by atoms with Gasteiger partial charge in [0, 0.05) is 0 Å². The third-order valence-electron chi connectivity index (χ3n) is 2.51. The lowest BCUT2D eigenvalue weighted by Crippen LogP contribution is -2.69. The van der Waals surface area contributed by atoms with Gasteiger partial charge in [0.1, 0.15) is 6.61 Å². The number of hydrogen-bond donors (Lipinski definition) is 1. The number of aliphatic hydroxyl groups excluding tert-OH is 1. The molecule has 0 spiro atoms. The fraction of sp³-hybridized carbons (Fsp3) is 0.636. The van der Waals surface area contributed by atoms with Crippen molar-refractivity contribution in [2.75, 3.05) is 6.61 Å². The van der Waals surface area contributed by atoms with Crippen molar-refractivity contribution in [1.82, 2.24) is 0 Å². The Kier molecular flexibility index (Phi) is 6.15. The summed E-state index contributed by atoms with van der Waals surface area (Å²) in [4.78, 5) is 0. The van der Waals surface area contributed by atoms with Crippen LogP contribution in [0.25, 0.3) is 0 Å². The first-order chi connectivity index (χ1) is 10.8. The summed E-state index contributed by atoms with van der Waals surface area (Å²) in [6, 6.07) is 0. The molecule has 1 nitrogen and oxygen atoms in total. The quantitative estimate of drug-likeness (QED) is 0.540. The van der Waals surface area contributed by atoms with Crippen LogP contribution in [0.2, 0.25) is 0 Å². The van der Waals surface area contributed by atoms with Crippen molar-refractivity contribution in [2.45, 2.75) is 35.8 Å². The normalized spacial score (nSPS) is 15.3. The third kappa shape index (κ3) is 3.65. The van der Waals surface area contributed by atoms with Crippen molar-refractivity contribution in [3.05, 3.63) is 12.2 Å². The molecule has 0 aromatic carbocycles. The third-order valence-corrected chi connectivity index (χ3v) is 2.51. The van der Waals surface area contributed by atoms with Crippen molar-refractivity contribution in [3.8, 4) is 11.8 Å². The number of allylic oxidation sites excluding steroid dienone is 2. The zero-order valence-corrected chi connectivity index (χ0v) is 11.2. The van der Waals surface area contributed by atoms with E-state index in [2.05, 4.69) is 0 Å². The predicted octanol–water partition coefficient (Wildman–Crippen LogP) is 4.28. The Hall–Kier alpha value is -1.65. The summed E-state index contributed by atoms with van der Waals surface area (Å²) in [6.07, 6.45) is -8.97. The molecule has 0 saturated heterocycles. The molecule has 0 rings (SSSR count). The van der Waals surface area contributed by atoms with Gasteiger partial charge >= 0.3 is 35.8 Å². The highest BCUT2D eigenvalue weighted by Gasteiger charge is 2.90. The van der Waals surface area contributed by atoms with Gasteiger partial charge in [0.25, 0.3) is 0 Å². The molecular formula is C11H5F13O. The fourth-order valence-electron chi connectivity index (χ4n) is 1.14. The summed E-state index contributed by atoms with van der Waals surface area (Å²) in [5, 5.41) is 8.11. The van der Waals surface area contributed by atoms with E-state index in [0.29, 0.717) is 0 Å². The lowest BCUT2D eigenvalue weighted by atomic mass is 9.94. The number of halogens is 13. The molecule has 0 radical (unpaired) electrons. The van der Waals surface area contributed by atoms with Crippen molar-refractivity contribution < 1.29 is 62.2 Å². The van der Waals surface area contributed by atoms with Crippen LogP contribution in [0.5, 0.6) is 0 Å². The Bertz CT molecular complexity index is 561. The molecule has 1 N–H and O–H groups in total. The Labute approximate surface area is 130 Å². The molecular weight excluding hydrogens is 395 g/mol. The van der Waals surface area contributed by atoms with Gasteiger partial charge in [-0.05, 0) is 12.2 Å². The minimum atomic E-state index is -7.92. The van der Waals surface area contributed by atoms with E-state index in [0.717, 1.165) is 0 Å². The smallest absolute Gasteiger partial charge is 0.384 e. The van der Waals surface area contributed by atoms with Gasteiger partial charge in [-0.2, -0.15) is 57.1 Å². The van der Waals surface area contributed by atoms with Crippen LogP contribution in [0.15, 0.2) is 12.2 Å². The van der Waals surface area contributed by atoms with Crippen molar-refractivity contribution in [3.63, 3.8) is 0 Å². The summed E-state index contributed by atoms with van der Waals surface area (Å²) in [7, 11) is 0. The van der Waals surface area contributed by atoms with Gasteiger partial charge in [-0.1, -0.05) is 11.8 Å². The molecule has 0 bridgehead atoms. The Morgan fingerprint density at radius 2 is 1.04 bits per heavy atom. The average molecular weight is 400 g/mol. The molecule has 25 heavy (non-hydrogen) atoms. The summed E-state index contributed by atoms with van der Waals surface area (Å²) in [5.74, 6) is -34.3. The van der Waals surface area contributed by atoms with Crippen molar-refractivity contribution >= 4 is 0 Å². The average Bonchev–Trinajstić information content (AvgIpc) is 2.41. The van der Waals surface area contributed by atoms with Crippen LogP contribution in [0, 0.1) is 11.8 Å². The molecule has 0 aliphatic heterocycles. The molecule has 0 atom stereocenters. The van der Waals surface area contributed by atoms with E-state index in [1.165, 1.54) is 11.8 Å². The maximum Gasteiger partial charge on any atom is 0.460 e. The first-order valence-electron chi connectivity index (χ1n) is 5.54. The number of hydrogen-bond acceptors (Lipinski definition) is 1. The van der Waals surface area contributed by atoms with E-state index >= 15 is 0 Å². The number of alkyl halides is 13. The standard InChI is InChI=1S/C11H5F13O/c12-6(13,4-2-1-3-5-25)7(14,15)8(16,17)9(18,19)10(20,21)11(22,23)24/h2,4,25H,5H2/b4-2+. The Balaban J connectivity index is 6.16. The zero-order chi connectivity index (χ0) is 20.5. The van der Waals surface area contributed by atoms with E-state index in [9.17, 15) is 57.1 Å². The first-order valence-corrected chi connectivity index (χ1v) is 5.54. The fourth-order valence-corrected chi connectivity index (χ4v) is 1.14. The molecule has 146 valence electrons. The van der Waals surface area contributed by atoms with Gasteiger partial charge in [-0.3, -0.25) is 0 Å². The molecule has 0 aliphatic carbocycles. The van der Waals surface area contributed by atoms with Gasteiger partial charge in [0.05, 0.1) is 0 Å². The molecule has 14 heteroatoms. The minimum Gasteiger partial charge on any atom is -0.384 e. The highest BCUT2D eigenvalue weighted by molar-refractivity contribution is 5.22. The second-order valence-electron chi connectivity index (χ2n) is 4.23. The van der Waals surface area contributed by atoms with Gasteiger partial charge in [-0.25, -0.2) is 0 Å². The molecule has 0 saturated carbocycles. The number of rotatable bonds is 5. The van der Waals surface area contributed by atoms with Crippen LogP contribution in [0.4, 0.5) is 57.1 Å². The van der Waals surface area contributed by atoms with Crippen LogP contribution >= 0.6 is 0 Å². The highest BCUT2D eigenvalue weighted by Crippen LogP contribution is 2.60. The monoisotopic (exact) mass is 400 g/mol. The van der Waals surface area contributed by atoms with E-state index < -0.39 is 48.5 Å². The predicted molar refractivity (Wildman–Crippen MR) is 54.8 cm³/mol. The van der Waals surface area contributed by atoms with E-state index in [1.807, 2.05) is 0 Å². The topological polar surface area (TPSA) is 20.2 Å². The molecule has 0 unspecified atom stereocenters. The van der Waals surface area contributed by atoms with Gasteiger partial charge in [0.2, 0.25) is 0 Å². The lowest BCUT2D eigenvalue weighted by Gasteiger charge is -2.39.